The SMILES string of the molecule is CC(C)(C)c1ccc(N2c3cccc4c3B(c3sc5ccc(C(C)(C)C)cc5c32)c2cccc3c5cc6oc7ccccc7c6cc5n-4c23)cc1. The number of para-hydroxylation sites is 2. The van der Waals surface area contributed by atoms with Gasteiger partial charge in [-0.05, 0) is 87.5 Å². The van der Waals surface area contributed by atoms with Gasteiger partial charge in [-0.2, -0.15) is 0 Å². The Morgan fingerprint density at radius 3 is 2.12 bits per heavy atom. The maximum Gasteiger partial charge on any atom is 0.264 e. The number of anilines is 3. The summed E-state index contributed by atoms with van der Waals surface area (Å²) in [5, 5.41) is 6.16. The molecule has 5 heterocycles. The van der Waals surface area contributed by atoms with Crippen LogP contribution in [0.3, 0.4) is 0 Å². The Kier molecular flexibility index (Phi) is 5.63. The first-order chi connectivity index (χ1) is 24.6. The molecule has 0 atom stereocenters. The Labute approximate surface area is 301 Å². The lowest BCUT2D eigenvalue weighted by molar-refractivity contribution is 0.590. The summed E-state index contributed by atoms with van der Waals surface area (Å²) in [6.07, 6.45) is 0. The maximum atomic E-state index is 6.43. The summed E-state index contributed by atoms with van der Waals surface area (Å²) >= 11 is 1.97. The van der Waals surface area contributed by atoms with Crippen LogP contribution in [0.15, 0.2) is 120 Å². The Balaban J connectivity index is 1.26. The molecule has 246 valence electrons. The quantitative estimate of drug-likeness (QED) is 0.161. The molecule has 3 nitrogen and oxygen atoms in total. The third-order valence-electron chi connectivity index (χ3n) is 11.5. The fourth-order valence-electron chi connectivity index (χ4n) is 8.94. The van der Waals surface area contributed by atoms with Crippen LogP contribution in [0, 0.1) is 0 Å². The lowest BCUT2D eigenvalue weighted by Gasteiger charge is -2.39. The fourth-order valence-corrected chi connectivity index (χ4v) is 10.2. The van der Waals surface area contributed by atoms with Crippen LogP contribution in [0.25, 0.3) is 59.5 Å². The predicted octanol–water partition coefficient (Wildman–Crippen LogP) is 11.1. The molecule has 0 bridgehead atoms. The van der Waals surface area contributed by atoms with E-state index in [1.807, 2.05) is 11.3 Å². The number of rotatable bonds is 1. The highest BCUT2D eigenvalue weighted by Crippen LogP contribution is 2.47. The average Bonchev–Trinajstić information content (AvgIpc) is 3.78. The van der Waals surface area contributed by atoms with Crippen molar-refractivity contribution in [1.29, 1.82) is 0 Å². The van der Waals surface area contributed by atoms with E-state index >= 15 is 0 Å². The molecule has 0 aliphatic carbocycles. The molecule has 0 saturated carbocycles. The normalized spacial score (nSPS) is 14.0. The molecule has 0 N–H and O–H groups in total. The van der Waals surface area contributed by atoms with Gasteiger partial charge in [-0.3, -0.25) is 0 Å². The van der Waals surface area contributed by atoms with E-state index in [2.05, 4.69) is 166 Å². The highest BCUT2D eigenvalue weighted by atomic mass is 32.1. The summed E-state index contributed by atoms with van der Waals surface area (Å²) in [6, 6.07) is 43.4. The zero-order chi connectivity index (χ0) is 34.6. The minimum absolute atomic E-state index is 0.0455. The van der Waals surface area contributed by atoms with E-state index in [1.165, 1.54) is 81.5 Å². The predicted molar refractivity (Wildman–Crippen MR) is 220 cm³/mol. The minimum atomic E-state index is 0.0455. The van der Waals surface area contributed by atoms with Crippen LogP contribution >= 0.6 is 11.3 Å². The van der Waals surface area contributed by atoms with E-state index in [1.54, 1.807) is 0 Å². The molecule has 9 aromatic rings. The standard InChI is InChI=1S/C46H37BN2OS/c1-45(2,3)26-17-20-28(21-18-26)48-35-14-10-15-36-41(35)47(44-43(48)33-23-27(46(4,5)6)19-22-40(33)51-44)34-13-9-12-30-31-25-39-32(24-37(31)49(36)42(30)34)29-11-7-8-16-38(29)50-39/h7-25H,1-6H3. The molecule has 0 radical (unpaired) electrons. The van der Waals surface area contributed by atoms with Crippen LogP contribution in [-0.4, -0.2) is 11.3 Å². The summed E-state index contributed by atoms with van der Waals surface area (Å²) in [6.45, 7) is 13.9. The largest absolute Gasteiger partial charge is 0.456 e. The number of furan rings is 1. The van der Waals surface area contributed by atoms with Gasteiger partial charge in [0.25, 0.3) is 6.71 Å². The van der Waals surface area contributed by atoms with Gasteiger partial charge in [-0.1, -0.05) is 102 Å². The summed E-state index contributed by atoms with van der Waals surface area (Å²) in [4.78, 5) is 2.57. The summed E-state index contributed by atoms with van der Waals surface area (Å²) in [7, 11) is 0. The van der Waals surface area contributed by atoms with Gasteiger partial charge < -0.3 is 13.9 Å². The monoisotopic (exact) mass is 676 g/mol. The van der Waals surface area contributed by atoms with Gasteiger partial charge in [0.1, 0.15) is 11.2 Å². The third-order valence-corrected chi connectivity index (χ3v) is 12.7. The summed E-state index contributed by atoms with van der Waals surface area (Å²) in [5.74, 6) is 0. The van der Waals surface area contributed by atoms with Crippen LogP contribution in [0.4, 0.5) is 17.1 Å². The van der Waals surface area contributed by atoms with Gasteiger partial charge in [-0.15, -0.1) is 11.3 Å². The van der Waals surface area contributed by atoms with Crippen LogP contribution in [0.1, 0.15) is 52.7 Å². The van der Waals surface area contributed by atoms with Crippen LogP contribution in [0.5, 0.6) is 0 Å². The molecule has 0 fully saturated rings. The topological polar surface area (TPSA) is 21.3 Å². The number of thiophene rings is 1. The molecule has 51 heavy (non-hydrogen) atoms. The Morgan fingerprint density at radius 2 is 1.31 bits per heavy atom. The van der Waals surface area contributed by atoms with Gasteiger partial charge in [0.2, 0.25) is 0 Å². The van der Waals surface area contributed by atoms with Crippen molar-refractivity contribution in [3.05, 3.63) is 126 Å². The maximum absolute atomic E-state index is 6.43. The van der Waals surface area contributed by atoms with Crippen molar-refractivity contribution < 1.29 is 4.42 Å². The number of nitrogens with zero attached hydrogens (tertiary/aromatic N) is 2. The molecular weight excluding hydrogens is 639 g/mol. The number of aromatic nitrogens is 1. The summed E-state index contributed by atoms with van der Waals surface area (Å²) in [5.41, 5.74) is 15.0. The molecule has 6 aromatic carbocycles. The average molecular weight is 677 g/mol. The van der Waals surface area contributed by atoms with Crippen LogP contribution in [0.2, 0.25) is 0 Å². The number of fused-ring (bicyclic) bond motifs is 12. The summed E-state index contributed by atoms with van der Waals surface area (Å²) < 4.78 is 11.7. The second-order valence-electron chi connectivity index (χ2n) is 16.6. The van der Waals surface area contributed by atoms with E-state index in [9.17, 15) is 0 Å². The van der Waals surface area contributed by atoms with Crippen molar-refractivity contribution in [1.82, 2.24) is 4.57 Å². The van der Waals surface area contributed by atoms with Gasteiger partial charge in [0.05, 0.1) is 11.2 Å². The molecule has 2 aliphatic rings. The Bertz CT molecular complexity index is 2950. The van der Waals surface area contributed by atoms with Crippen molar-refractivity contribution in [2.24, 2.45) is 0 Å². The molecule has 0 spiro atoms. The van der Waals surface area contributed by atoms with Gasteiger partial charge in [-0.25, -0.2) is 0 Å². The van der Waals surface area contributed by atoms with Crippen LogP contribution < -0.4 is 20.6 Å². The van der Waals surface area contributed by atoms with Crippen molar-refractivity contribution >= 4 is 105 Å². The van der Waals surface area contributed by atoms with Crippen molar-refractivity contribution in [3.63, 3.8) is 0 Å². The minimum Gasteiger partial charge on any atom is -0.456 e. The third kappa shape index (κ3) is 3.90. The van der Waals surface area contributed by atoms with Gasteiger partial charge >= 0.3 is 0 Å². The van der Waals surface area contributed by atoms with E-state index < -0.39 is 0 Å². The van der Waals surface area contributed by atoms with Crippen LogP contribution in [-0.2, 0) is 10.8 Å². The zero-order valence-electron chi connectivity index (χ0n) is 29.8. The molecular formula is C46H37BN2OS. The Morgan fingerprint density at radius 1 is 0.588 bits per heavy atom. The number of hydrogen-bond donors (Lipinski definition) is 0. The zero-order valence-corrected chi connectivity index (χ0v) is 30.6. The molecule has 11 rings (SSSR count). The first-order valence-corrected chi connectivity index (χ1v) is 18.9. The lowest BCUT2D eigenvalue weighted by atomic mass is 9.36. The van der Waals surface area contributed by atoms with E-state index in [4.69, 9.17) is 4.42 Å². The highest BCUT2D eigenvalue weighted by Gasteiger charge is 2.44. The van der Waals surface area contributed by atoms with Crippen molar-refractivity contribution in [3.8, 4) is 5.69 Å². The van der Waals surface area contributed by atoms with E-state index in [0.29, 0.717) is 0 Å². The molecule has 0 saturated heterocycles. The Hall–Kier alpha value is -5.26. The molecule has 5 heteroatoms. The van der Waals surface area contributed by atoms with Crippen molar-refractivity contribution in [2.75, 3.05) is 4.90 Å². The first-order valence-electron chi connectivity index (χ1n) is 18.1. The first kappa shape index (κ1) is 29.5. The lowest BCUT2D eigenvalue weighted by Crippen LogP contribution is -2.59. The highest BCUT2D eigenvalue weighted by molar-refractivity contribution is 7.33. The smallest absolute Gasteiger partial charge is 0.264 e. The van der Waals surface area contributed by atoms with E-state index in [0.717, 1.165) is 21.9 Å². The molecule has 0 unspecified atom stereocenters. The second-order valence-corrected chi connectivity index (χ2v) is 17.7. The molecule has 3 aromatic heterocycles. The fraction of sp³-hybridized carbons (Fsp3) is 0.174. The van der Waals surface area contributed by atoms with Crippen molar-refractivity contribution in [2.45, 2.75) is 52.4 Å². The number of hydrogen-bond acceptors (Lipinski definition) is 3. The van der Waals surface area contributed by atoms with Gasteiger partial charge in [0.15, 0.2) is 0 Å². The van der Waals surface area contributed by atoms with Gasteiger partial charge in [0, 0.05) is 59.0 Å². The molecule has 0 amide bonds. The second kappa shape index (κ2) is 9.74. The number of benzene rings is 6. The molecule has 2 aliphatic heterocycles. The van der Waals surface area contributed by atoms with E-state index in [-0.39, 0.29) is 17.5 Å².